The minimum absolute atomic E-state index is 1.10. The smallest absolute Gasteiger partial charge is 0.0783 e. The molecule has 2 heterocycles. The molecule has 1 aliphatic carbocycles. The number of hydrogen-bond acceptors (Lipinski definition) is 0. The summed E-state index contributed by atoms with van der Waals surface area (Å²) in [6, 6.07) is 30.9. The van der Waals surface area contributed by atoms with Gasteiger partial charge >= 0.3 is 0 Å². The van der Waals surface area contributed by atoms with E-state index in [0.29, 0.717) is 0 Å². The molecular weight excluding hydrogens is 388 g/mol. The number of aromatic nitrogens is 2. The molecule has 7 rings (SSSR count). The van der Waals surface area contributed by atoms with Crippen molar-refractivity contribution in [1.29, 1.82) is 0 Å². The molecule has 2 heteroatoms. The largest absolute Gasteiger partial charge is 0.353 e. The summed E-state index contributed by atoms with van der Waals surface area (Å²) in [6.45, 7) is 0. The molecule has 0 saturated heterocycles. The Labute approximate surface area is 186 Å². The van der Waals surface area contributed by atoms with Gasteiger partial charge in [0, 0.05) is 32.7 Å². The van der Waals surface area contributed by atoms with E-state index in [1.165, 1.54) is 60.4 Å². The summed E-state index contributed by atoms with van der Waals surface area (Å²) in [5.74, 6) is 0. The maximum absolute atomic E-state index is 3.73. The van der Waals surface area contributed by atoms with E-state index in [9.17, 15) is 0 Å². The quantitative estimate of drug-likeness (QED) is 0.297. The summed E-state index contributed by atoms with van der Waals surface area (Å²) >= 11 is 0. The lowest BCUT2D eigenvalue weighted by Crippen LogP contribution is -1.96. The van der Waals surface area contributed by atoms with Gasteiger partial charge in [-0.1, -0.05) is 78.9 Å². The van der Waals surface area contributed by atoms with Gasteiger partial charge in [-0.15, -0.1) is 0 Å². The Hall–Kier alpha value is -4.04. The maximum Gasteiger partial charge on any atom is 0.0783 e. The van der Waals surface area contributed by atoms with Crippen molar-refractivity contribution < 1.29 is 0 Å². The van der Waals surface area contributed by atoms with Gasteiger partial charge in [-0.05, 0) is 48.2 Å². The highest BCUT2D eigenvalue weighted by Gasteiger charge is 2.17. The summed E-state index contributed by atoms with van der Waals surface area (Å²) in [7, 11) is 0. The Balaban J connectivity index is 1.61. The lowest BCUT2D eigenvalue weighted by Gasteiger charge is -2.13. The fraction of sp³-hybridized carbons (Fsp3) is 0.0667. The van der Waals surface area contributed by atoms with E-state index in [-0.39, 0.29) is 0 Å². The minimum Gasteiger partial charge on any atom is -0.353 e. The zero-order valence-electron chi connectivity index (χ0n) is 17.7. The second-order valence-corrected chi connectivity index (χ2v) is 8.62. The third kappa shape index (κ3) is 2.47. The highest BCUT2D eigenvalue weighted by atomic mass is 15.0. The first kappa shape index (κ1) is 17.6. The van der Waals surface area contributed by atoms with E-state index < -0.39 is 0 Å². The molecule has 2 aromatic heterocycles. The SMILES string of the molecule is C1=CCCC(c2cccc(-n3c4ccccc4c4ccc5c6ccccc6[nH]c5c43)c2)=C1. The van der Waals surface area contributed by atoms with Crippen molar-refractivity contribution >= 4 is 49.2 Å². The van der Waals surface area contributed by atoms with Crippen molar-refractivity contribution in [2.75, 3.05) is 0 Å². The molecule has 0 aliphatic heterocycles. The van der Waals surface area contributed by atoms with Crippen LogP contribution in [0.3, 0.4) is 0 Å². The third-order valence-corrected chi connectivity index (χ3v) is 6.80. The number of fused-ring (bicyclic) bond motifs is 7. The molecule has 0 amide bonds. The second kappa shape index (κ2) is 6.73. The van der Waals surface area contributed by atoms with Gasteiger partial charge in [0.1, 0.15) is 0 Å². The molecule has 1 aliphatic rings. The summed E-state index contributed by atoms with van der Waals surface area (Å²) < 4.78 is 2.44. The van der Waals surface area contributed by atoms with Gasteiger partial charge in [0.2, 0.25) is 0 Å². The van der Waals surface area contributed by atoms with E-state index in [1.54, 1.807) is 0 Å². The number of rotatable bonds is 2. The molecule has 0 saturated carbocycles. The maximum atomic E-state index is 3.73. The molecule has 0 fully saturated rings. The Morgan fingerprint density at radius 3 is 2.47 bits per heavy atom. The van der Waals surface area contributed by atoms with Crippen LogP contribution in [0.15, 0.2) is 103 Å². The van der Waals surface area contributed by atoms with Crippen molar-refractivity contribution in [2.24, 2.45) is 0 Å². The number of aromatic amines is 1. The van der Waals surface area contributed by atoms with Crippen LogP contribution in [0.1, 0.15) is 18.4 Å². The Morgan fingerprint density at radius 1 is 0.719 bits per heavy atom. The monoisotopic (exact) mass is 410 g/mol. The van der Waals surface area contributed by atoms with Crippen LogP contribution < -0.4 is 0 Å². The molecular formula is C30H22N2. The highest BCUT2D eigenvalue weighted by Crippen LogP contribution is 2.39. The molecule has 4 aromatic carbocycles. The standard InChI is InChI=1S/C30H22N2/c1-2-9-20(10-3-1)21-11-8-12-22(19-21)32-28-16-7-5-14-24(28)26-18-17-25-23-13-4-6-15-27(23)31-29(25)30(26)32/h1-2,4-9,11-19,31H,3,10H2. The lowest BCUT2D eigenvalue weighted by molar-refractivity contribution is 1.05. The Morgan fingerprint density at radius 2 is 1.56 bits per heavy atom. The van der Waals surface area contributed by atoms with Crippen LogP contribution >= 0.6 is 0 Å². The summed E-state index contributed by atoms with van der Waals surface area (Å²) in [6.07, 6.45) is 8.89. The molecule has 0 unspecified atom stereocenters. The second-order valence-electron chi connectivity index (χ2n) is 8.62. The molecule has 0 spiro atoms. The van der Waals surface area contributed by atoms with Gasteiger partial charge in [0.25, 0.3) is 0 Å². The van der Waals surface area contributed by atoms with Crippen LogP contribution in [-0.4, -0.2) is 9.55 Å². The third-order valence-electron chi connectivity index (χ3n) is 6.80. The lowest BCUT2D eigenvalue weighted by atomic mass is 9.97. The fourth-order valence-corrected chi connectivity index (χ4v) is 5.33. The number of para-hydroxylation sites is 2. The van der Waals surface area contributed by atoms with Gasteiger partial charge in [-0.2, -0.15) is 0 Å². The van der Waals surface area contributed by atoms with Gasteiger partial charge < -0.3 is 9.55 Å². The van der Waals surface area contributed by atoms with Gasteiger partial charge in [-0.3, -0.25) is 0 Å². The number of nitrogens with one attached hydrogen (secondary N) is 1. The minimum atomic E-state index is 1.10. The van der Waals surface area contributed by atoms with E-state index in [0.717, 1.165) is 12.8 Å². The van der Waals surface area contributed by atoms with Crippen molar-refractivity contribution in [3.63, 3.8) is 0 Å². The molecule has 32 heavy (non-hydrogen) atoms. The summed E-state index contributed by atoms with van der Waals surface area (Å²) in [5, 5.41) is 5.11. The molecule has 152 valence electrons. The molecule has 0 bridgehead atoms. The van der Waals surface area contributed by atoms with E-state index in [2.05, 4.69) is 113 Å². The first-order valence-corrected chi connectivity index (χ1v) is 11.3. The molecule has 6 aromatic rings. The zero-order chi connectivity index (χ0) is 21.1. The average molecular weight is 411 g/mol. The average Bonchev–Trinajstić information content (AvgIpc) is 3.41. The van der Waals surface area contributed by atoms with E-state index >= 15 is 0 Å². The van der Waals surface area contributed by atoms with E-state index in [1.807, 2.05) is 0 Å². The predicted molar refractivity (Wildman–Crippen MR) is 136 cm³/mol. The predicted octanol–water partition coefficient (Wildman–Crippen LogP) is 8.15. The Bertz CT molecular complexity index is 1720. The number of H-pyrrole nitrogens is 1. The first-order valence-electron chi connectivity index (χ1n) is 11.3. The fourth-order valence-electron chi connectivity index (χ4n) is 5.33. The van der Waals surface area contributed by atoms with E-state index in [4.69, 9.17) is 0 Å². The number of allylic oxidation sites excluding steroid dienone is 4. The van der Waals surface area contributed by atoms with Gasteiger partial charge in [-0.25, -0.2) is 0 Å². The molecule has 2 nitrogen and oxygen atoms in total. The van der Waals surface area contributed by atoms with Crippen LogP contribution in [-0.2, 0) is 0 Å². The van der Waals surface area contributed by atoms with Crippen LogP contribution in [0.4, 0.5) is 0 Å². The highest BCUT2D eigenvalue weighted by molar-refractivity contribution is 6.22. The van der Waals surface area contributed by atoms with Crippen molar-refractivity contribution in [3.05, 3.63) is 109 Å². The number of benzene rings is 4. The van der Waals surface area contributed by atoms with Crippen LogP contribution in [0.2, 0.25) is 0 Å². The normalized spacial score (nSPS) is 14.1. The number of nitrogens with zero attached hydrogens (tertiary/aromatic N) is 1. The van der Waals surface area contributed by atoms with Gasteiger partial charge in [0.15, 0.2) is 0 Å². The molecule has 1 N–H and O–H groups in total. The summed E-state index contributed by atoms with van der Waals surface area (Å²) in [4.78, 5) is 3.73. The molecule has 0 atom stereocenters. The molecule has 0 radical (unpaired) electrons. The van der Waals surface area contributed by atoms with Crippen LogP contribution in [0.25, 0.3) is 54.9 Å². The van der Waals surface area contributed by atoms with Crippen molar-refractivity contribution in [1.82, 2.24) is 9.55 Å². The zero-order valence-corrected chi connectivity index (χ0v) is 17.7. The van der Waals surface area contributed by atoms with Crippen LogP contribution in [0.5, 0.6) is 0 Å². The first-order chi connectivity index (χ1) is 15.9. The van der Waals surface area contributed by atoms with Crippen molar-refractivity contribution in [3.8, 4) is 5.69 Å². The Kier molecular flexibility index (Phi) is 3.71. The van der Waals surface area contributed by atoms with Crippen molar-refractivity contribution in [2.45, 2.75) is 12.8 Å². The van der Waals surface area contributed by atoms with Crippen LogP contribution in [0, 0.1) is 0 Å². The topological polar surface area (TPSA) is 20.7 Å². The summed E-state index contributed by atoms with van der Waals surface area (Å²) in [5.41, 5.74) is 8.78. The number of hydrogen-bond donors (Lipinski definition) is 1. The van der Waals surface area contributed by atoms with Gasteiger partial charge in [0.05, 0.1) is 16.6 Å².